The first kappa shape index (κ1) is 15.8. The lowest BCUT2D eigenvalue weighted by molar-refractivity contribution is -0.0503. The van der Waals surface area contributed by atoms with E-state index in [2.05, 4.69) is 15.5 Å². The summed E-state index contributed by atoms with van der Waals surface area (Å²) in [6.45, 7) is 3.87. The standard InChI is InChI=1S/C16H14Cl2N4O/c1-16(2,12-5-9-14(18)10-6-12)23-22-15(19-20-21-22)11-3-7-13(17)8-4-11/h3-10H,1-2H3. The number of nitrogens with zero attached hydrogens (tertiary/aromatic N) is 4. The Morgan fingerprint density at radius 2 is 1.48 bits per heavy atom. The average molecular weight is 349 g/mol. The first-order valence-electron chi connectivity index (χ1n) is 6.95. The van der Waals surface area contributed by atoms with Gasteiger partial charge in [0.1, 0.15) is 0 Å². The van der Waals surface area contributed by atoms with Crippen molar-refractivity contribution >= 4 is 23.2 Å². The van der Waals surface area contributed by atoms with Gasteiger partial charge >= 0.3 is 0 Å². The van der Waals surface area contributed by atoms with Crippen LogP contribution in [-0.2, 0) is 5.60 Å². The highest BCUT2D eigenvalue weighted by Crippen LogP contribution is 2.25. The van der Waals surface area contributed by atoms with E-state index in [-0.39, 0.29) is 0 Å². The van der Waals surface area contributed by atoms with Crippen molar-refractivity contribution in [2.45, 2.75) is 19.4 Å². The van der Waals surface area contributed by atoms with Gasteiger partial charge in [-0.2, -0.15) is 0 Å². The molecule has 0 spiro atoms. The number of halogens is 2. The van der Waals surface area contributed by atoms with E-state index in [0.717, 1.165) is 11.1 Å². The zero-order valence-corrected chi connectivity index (χ0v) is 14.1. The van der Waals surface area contributed by atoms with Gasteiger partial charge in [0.05, 0.1) is 0 Å². The van der Waals surface area contributed by atoms with Gasteiger partial charge in [0.25, 0.3) is 0 Å². The summed E-state index contributed by atoms with van der Waals surface area (Å²) in [5, 5.41) is 13.0. The highest BCUT2D eigenvalue weighted by atomic mass is 35.5. The third-order valence-corrected chi connectivity index (χ3v) is 3.90. The third kappa shape index (κ3) is 3.46. The Hall–Kier alpha value is -2.11. The van der Waals surface area contributed by atoms with E-state index in [1.54, 1.807) is 12.1 Å². The molecule has 0 bridgehead atoms. The minimum Gasteiger partial charge on any atom is -0.383 e. The van der Waals surface area contributed by atoms with Crippen molar-refractivity contribution in [2.24, 2.45) is 0 Å². The first-order chi connectivity index (χ1) is 11.0. The summed E-state index contributed by atoms with van der Waals surface area (Å²) in [6.07, 6.45) is 0. The maximum absolute atomic E-state index is 5.99. The van der Waals surface area contributed by atoms with Crippen LogP contribution in [0.15, 0.2) is 48.5 Å². The fraction of sp³-hybridized carbons (Fsp3) is 0.188. The van der Waals surface area contributed by atoms with Crippen molar-refractivity contribution in [3.05, 3.63) is 64.1 Å². The molecule has 5 nitrogen and oxygen atoms in total. The van der Waals surface area contributed by atoms with E-state index in [9.17, 15) is 0 Å². The molecule has 118 valence electrons. The van der Waals surface area contributed by atoms with Gasteiger partial charge in [-0.25, -0.2) is 0 Å². The van der Waals surface area contributed by atoms with Gasteiger partial charge in [0.15, 0.2) is 5.60 Å². The second-order valence-electron chi connectivity index (χ2n) is 5.49. The van der Waals surface area contributed by atoms with Crippen LogP contribution in [0.5, 0.6) is 0 Å². The van der Waals surface area contributed by atoms with Gasteiger partial charge in [-0.15, -0.1) is 5.10 Å². The monoisotopic (exact) mass is 348 g/mol. The molecule has 1 aromatic heterocycles. The molecule has 0 saturated heterocycles. The van der Waals surface area contributed by atoms with E-state index >= 15 is 0 Å². The molecule has 0 amide bonds. The van der Waals surface area contributed by atoms with Crippen LogP contribution >= 0.6 is 23.2 Å². The molecule has 0 aliphatic carbocycles. The minimum atomic E-state index is -0.638. The maximum atomic E-state index is 5.99. The molecule has 0 unspecified atom stereocenters. The zero-order chi connectivity index (χ0) is 16.4. The van der Waals surface area contributed by atoms with E-state index < -0.39 is 5.60 Å². The van der Waals surface area contributed by atoms with E-state index in [0.29, 0.717) is 15.9 Å². The van der Waals surface area contributed by atoms with Crippen molar-refractivity contribution in [1.82, 2.24) is 20.4 Å². The molecule has 3 rings (SSSR count). The van der Waals surface area contributed by atoms with Gasteiger partial charge in [0.2, 0.25) is 5.82 Å². The van der Waals surface area contributed by atoms with Crippen LogP contribution in [0, 0.1) is 0 Å². The first-order valence-corrected chi connectivity index (χ1v) is 7.71. The summed E-state index contributed by atoms with van der Waals surface area (Å²) in [5.41, 5.74) is 1.13. The van der Waals surface area contributed by atoms with Crippen LogP contribution in [0.4, 0.5) is 0 Å². The molecule has 2 aromatic carbocycles. The third-order valence-electron chi connectivity index (χ3n) is 3.40. The summed E-state index contributed by atoms with van der Waals surface area (Å²) in [5.74, 6) is 0.503. The lowest BCUT2D eigenvalue weighted by Gasteiger charge is -2.25. The molecule has 3 aromatic rings. The Balaban J connectivity index is 1.90. The fourth-order valence-electron chi connectivity index (χ4n) is 2.13. The summed E-state index contributed by atoms with van der Waals surface area (Å²) < 4.78 is 0. The summed E-state index contributed by atoms with van der Waals surface area (Å²) >= 11 is 11.8. The molecular formula is C16H14Cl2N4O. The molecular weight excluding hydrogens is 335 g/mol. The predicted octanol–water partition coefficient (Wildman–Crippen LogP) is 4.01. The molecule has 7 heteroatoms. The zero-order valence-electron chi connectivity index (χ0n) is 12.6. The van der Waals surface area contributed by atoms with E-state index in [4.69, 9.17) is 28.0 Å². The summed E-state index contributed by atoms with van der Waals surface area (Å²) in [7, 11) is 0. The van der Waals surface area contributed by atoms with Gasteiger partial charge in [-0.1, -0.05) is 40.2 Å². The Morgan fingerprint density at radius 3 is 2.09 bits per heavy atom. The van der Waals surface area contributed by atoms with Crippen LogP contribution in [0.3, 0.4) is 0 Å². The highest BCUT2D eigenvalue weighted by Gasteiger charge is 2.26. The molecule has 0 aliphatic rings. The number of aromatic nitrogens is 4. The Kier molecular flexibility index (Phi) is 4.24. The normalized spacial score (nSPS) is 11.5. The van der Waals surface area contributed by atoms with Crippen molar-refractivity contribution < 1.29 is 4.84 Å². The lowest BCUT2D eigenvalue weighted by Crippen LogP contribution is -2.33. The molecule has 1 heterocycles. The van der Waals surface area contributed by atoms with Crippen molar-refractivity contribution in [2.75, 3.05) is 0 Å². The fourth-order valence-corrected chi connectivity index (χ4v) is 2.38. The number of benzene rings is 2. The van der Waals surface area contributed by atoms with Crippen LogP contribution in [-0.4, -0.2) is 20.4 Å². The van der Waals surface area contributed by atoms with Gasteiger partial charge in [0, 0.05) is 15.6 Å². The van der Waals surface area contributed by atoms with E-state index in [1.807, 2.05) is 50.2 Å². The Morgan fingerprint density at radius 1 is 0.913 bits per heavy atom. The lowest BCUT2D eigenvalue weighted by atomic mass is 9.99. The molecule has 0 N–H and O–H groups in total. The second-order valence-corrected chi connectivity index (χ2v) is 6.36. The molecule has 0 fully saturated rings. The quantitative estimate of drug-likeness (QED) is 0.714. The number of hydrogen-bond acceptors (Lipinski definition) is 4. The maximum Gasteiger partial charge on any atom is 0.222 e. The van der Waals surface area contributed by atoms with Gasteiger partial charge < -0.3 is 4.84 Å². The van der Waals surface area contributed by atoms with Crippen LogP contribution < -0.4 is 4.84 Å². The highest BCUT2D eigenvalue weighted by molar-refractivity contribution is 6.30. The van der Waals surface area contributed by atoms with Gasteiger partial charge in [-0.3, -0.25) is 0 Å². The molecule has 0 radical (unpaired) electrons. The van der Waals surface area contributed by atoms with Crippen molar-refractivity contribution in [3.8, 4) is 11.4 Å². The second kappa shape index (κ2) is 6.18. The SMILES string of the molecule is CC(C)(On1nnnc1-c1ccc(Cl)cc1)c1ccc(Cl)cc1. The predicted molar refractivity (Wildman–Crippen MR) is 89.3 cm³/mol. The van der Waals surface area contributed by atoms with Crippen molar-refractivity contribution in [1.29, 1.82) is 0 Å². The van der Waals surface area contributed by atoms with Crippen LogP contribution in [0.1, 0.15) is 19.4 Å². The Labute approximate surface area is 143 Å². The van der Waals surface area contributed by atoms with Crippen LogP contribution in [0.2, 0.25) is 10.0 Å². The largest absolute Gasteiger partial charge is 0.383 e. The summed E-state index contributed by atoms with van der Waals surface area (Å²) in [4.78, 5) is 7.31. The topological polar surface area (TPSA) is 52.8 Å². The number of hydrogen-bond donors (Lipinski definition) is 0. The van der Waals surface area contributed by atoms with E-state index in [1.165, 1.54) is 4.85 Å². The molecule has 0 atom stereocenters. The molecule has 23 heavy (non-hydrogen) atoms. The minimum absolute atomic E-state index is 0.503. The summed E-state index contributed by atoms with van der Waals surface area (Å²) in [6, 6.07) is 14.7. The Bertz CT molecular complexity index is 798. The molecule has 0 saturated carbocycles. The smallest absolute Gasteiger partial charge is 0.222 e. The van der Waals surface area contributed by atoms with Crippen LogP contribution in [0.25, 0.3) is 11.4 Å². The van der Waals surface area contributed by atoms with Crippen molar-refractivity contribution in [3.63, 3.8) is 0 Å². The number of tetrazole rings is 1. The van der Waals surface area contributed by atoms with Gasteiger partial charge in [-0.05, 0) is 66.2 Å². The molecule has 0 aliphatic heterocycles. The average Bonchev–Trinajstić information content (AvgIpc) is 2.96. The number of rotatable bonds is 4.